The van der Waals surface area contributed by atoms with Crippen molar-refractivity contribution in [2.45, 2.75) is 50.1 Å². The second kappa shape index (κ2) is 5.64. The van der Waals surface area contributed by atoms with E-state index in [4.69, 9.17) is 6.85 Å². The summed E-state index contributed by atoms with van der Waals surface area (Å²) in [5.74, 6) is -0.734. The predicted molar refractivity (Wildman–Crippen MR) is 90.4 cm³/mol. The molecule has 122 valence electrons. The van der Waals surface area contributed by atoms with Crippen molar-refractivity contribution in [3.05, 3.63) is 30.0 Å². The summed E-state index contributed by atoms with van der Waals surface area (Å²) in [6.07, 6.45) is -2.80. The minimum atomic E-state index is -2.43. The molecule has 0 radical (unpaired) electrons. The maximum atomic E-state index is 13.1. The Balaban J connectivity index is 1.77. The van der Waals surface area contributed by atoms with E-state index >= 15 is 0 Å². The minimum Gasteiger partial charge on any atom is -0.348 e. The maximum Gasteiger partial charge on any atom is 0.272 e. The predicted octanol–water partition coefficient (Wildman–Crippen LogP) is 2.32. The summed E-state index contributed by atoms with van der Waals surface area (Å²) >= 11 is 0. The molecule has 2 bridgehead atoms. The lowest BCUT2D eigenvalue weighted by Crippen LogP contribution is -2.55. The lowest BCUT2D eigenvalue weighted by atomic mass is 9.82. The molecule has 5 nitrogen and oxygen atoms in total. The van der Waals surface area contributed by atoms with Crippen molar-refractivity contribution in [3.8, 4) is 0 Å². The molecule has 1 aromatic carbocycles. The van der Waals surface area contributed by atoms with Gasteiger partial charge in [-0.05, 0) is 38.7 Å². The Morgan fingerprint density at radius 1 is 1.30 bits per heavy atom. The van der Waals surface area contributed by atoms with Crippen molar-refractivity contribution in [3.63, 3.8) is 0 Å². The summed E-state index contributed by atoms with van der Waals surface area (Å²) in [5.41, 5.74) is 0.804. The van der Waals surface area contributed by atoms with Gasteiger partial charge in [-0.25, -0.2) is 0 Å². The Kier molecular flexibility index (Phi) is 2.47. The lowest BCUT2D eigenvalue weighted by Gasteiger charge is -2.47. The van der Waals surface area contributed by atoms with Crippen LogP contribution in [0.25, 0.3) is 10.9 Å². The molecule has 0 unspecified atom stereocenters. The van der Waals surface area contributed by atoms with E-state index in [1.807, 2.05) is 12.1 Å². The van der Waals surface area contributed by atoms with Crippen LogP contribution in [0, 0.1) is 0 Å². The molecule has 1 amide bonds. The summed E-state index contributed by atoms with van der Waals surface area (Å²) in [6.45, 7) is 0. The van der Waals surface area contributed by atoms with E-state index in [0.717, 1.165) is 5.52 Å². The first-order chi connectivity index (χ1) is 13.0. The van der Waals surface area contributed by atoms with Crippen LogP contribution in [-0.2, 0) is 7.05 Å². The molecule has 2 saturated heterocycles. The summed E-state index contributed by atoms with van der Waals surface area (Å²) in [6, 6.07) is 3.46. The fraction of sp³-hybridized carbons (Fsp3) is 0.556. The average molecular weight is 317 g/mol. The van der Waals surface area contributed by atoms with Crippen molar-refractivity contribution >= 4 is 16.8 Å². The highest BCUT2D eigenvalue weighted by molar-refractivity contribution is 6.04. The number of nitrogens with one attached hydrogen (secondary N) is 1. The Labute approximate surface area is 143 Å². The van der Waals surface area contributed by atoms with Gasteiger partial charge in [0.05, 0.1) is 6.89 Å². The molecule has 5 heteroatoms. The number of rotatable bonds is 2. The second-order valence-corrected chi connectivity index (χ2v) is 6.24. The second-order valence-electron chi connectivity index (χ2n) is 6.24. The lowest BCUT2D eigenvalue weighted by molar-refractivity contribution is 0.0462. The van der Waals surface area contributed by atoms with Gasteiger partial charge in [0.2, 0.25) is 0 Å². The molecule has 0 saturated carbocycles. The summed E-state index contributed by atoms with van der Waals surface area (Å²) in [7, 11) is 3.41. The first kappa shape index (κ1) is 10.1. The van der Waals surface area contributed by atoms with Gasteiger partial charge in [0.15, 0.2) is 5.69 Å². The topological polar surface area (TPSA) is 50.2 Å². The minimum absolute atomic E-state index is 0.0698. The number of benzene rings is 1. The van der Waals surface area contributed by atoms with Crippen LogP contribution in [0.4, 0.5) is 0 Å². The van der Waals surface area contributed by atoms with Crippen LogP contribution in [0.1, 0.15) is 49.4 Å². The zero-order valence-electron chi connectivity index (χ0n) is 18.3. The Bertz CT molecular complexity index is 919. The van der Waals surface area contributed by atoms with E-state index in [1.54, 1.807) is 35.8 Å². The van der Waals surface area contributed by atoms with Crippen molar-refractivity contribution < 1.29 is 11.6 Å². The quantitative estimate of drug-likeness (QED) is 0.925. The number of amides is 1. The van der Waals surface area contributed by atoms with E-state index in [2.05, 4.69) is 10.4 Å². The number of para-hydroxylation sites is 1. The number of carbonyl (C=O) groups is 1. The molecule has 1 aromatic heterocycles. The standard InChI is InChI=1S/C18H24N4O/c1-21-13-6-5-7-14(21)11-12(10-13)19-18(23)17-15-8-3-4-9-16(15)22(2)20-17/h3-4,8-9,12-14H,5-7,10-11H2,1-2H3,(H,19,23)/t13-,14-/m1/s1/i10D2,11D2,12D. The normalized spacial score (nSPS) is 38.8. The number of hydrogen-bond acceptors (Lipinski definition) is 3. The zero-order chi connectivity index (χ0) is 20.5. The Hall–Kier alpha value is -1.88. The van der Waals surface area contributed by atoms with Crippen LogP contribution < -0.4 is 5.32 Å². The summed E-state index contributed by atoms with van der Waals surface area (Å²) in [5, 5.41) is 7.24. The van der Waals surface area contributed by atoms with E-state index < -0.39 is 36.8 Å². The zero-order valence-corrected chi connectivity index (χ0v) is 13.3. The number of aromatic nitrogens is 2. The molecule has 2 aliphatic heterocycles. The van der Waals surface area contributed by atoms with Crippen LogP contribution in [0.2, 0.25) is 0 Å². The van der Waals surface area contributed by atoms with Gasteiger partial charge in [-0.1, -0.05) is 24.6 Å². The first-order valence-corrected chi connectivity index (χ1v) is 7.98. The van der Waals surface area contributed by atoms with E-state index in [-0.39, 0.29) is 5.69 Å². The van der Waals surface area contributed by atoms with E-state index in [0.29, 0.717) is 24.6 Å². The van der Waals surface area contributed by atoms with E-state index in [1.165, 1.54) is 0 Å². The molecule has 2 fully saturated rings. The van der Waals surface area contributed by atoms with Gasteiger partial charge in [-0.15, -0.1) is 0 Å². The largest absolute Gasteiger partial charge is 0.348 e. The fourth-order valence-corrected chi connectivity index (χ4v) is 3.48. The SMILES string of the molecule is [2H]C1([2H])[C@H]2CCC[C@@H](N2C)C([2H])([2H])C1([2H])NC(=O)c1nn(C)c2ccccc12. The van der Waals surface area contributed by atoms with Gasteiger partial charge in [0.1, 0.15) is 0 Å². The van der Waals surface area contributed by atoms with Crippen molar-refractivity contribution in [1.82, 2.24) is 20.0 Å². The highest BCUT2D eigenvalue weighted by atomic mass is 16.2. The third-order valence-corrected chi connectivity index (χ3v) is 4.77. The van der Waals surface area contributed by atoms with Crippen LogP contribution in [0.5, 0.6) is 0 Å². The van der Waals surface area contributed by atoms with Crippen LogP contribution in [0.3, 0.4) is 0 Å². The first-order valence-electron chi connectivity index (χ1n) is 10.5. The molecular weight excluding hydrogens is 288 g/mol. The number of nitrogens with zero attached hydrogens (tertiary/aromatic N) is 3. The molecule has 2 aromatic rings. The highest BCUT2D eigenvalue weighted by Crippen LogP contribution is 2.32. The van der Waals surface area contributed by atoms with E-state index in [9.17, 15) is 4.79 Å². The molecular formula is C18H24N4O. The van der Waals surface area contributed by atoms with Gasteiger partial charge >= 0.3 is 0 Å². The van der Waals surface area contributed by atoms with Gasteiger partial charge in [-0.2, -0.15) is 5.10 Å². The number of piperidine rings is 2. The van der Waals surface area contributed by atoms with Crippen LogP contribution in [-0.4, -0.2) is 45.7 Å². The van der Waals surface area contributed by atoms with Crippen molar-refractivity contribution in [1.29, 1.82) is 0 Å². The monoisotopic (exact) mass is 317 g/mol. The molecule has 2 atom stereocenters. The average Bonchev–Trinajstić information content (AvgIpc) is 2.97. The smallest absolute Gasteiger partial charge is 0.272 e. The number of hydrogen-bond donors (Lipinski definition) is 1. The molecule has 0 spiro atoms. The number of fused-ring (bicyclic) bond motifs is 3. The molecule has 4 rings (SSSR count). The number of aryl methyl sites for hydroxylation is 1. The molecule has 2 aliphatic rings. The fourth-order valence-electron chi connectivity index (χ4n) is 3.48. The summed E-state index contributed by atoms with van der Waals surface area (Å²) < 4.78 is 44.9. The van der Waals surface area contributed by atoms with Gasteiger partial charge in [0.25, 0.3) is 5.91 Å². The van der Waals surface area contributed by atoms with Gasteiger partial charge in [-0.3, -0.25) is 9.48 Å². The van der Waals surface area contributed by atoms with Crippen LogP contribution >= 0.6 is 0 Å². The van der Waals surface area contributed by atoms with Gasteiger partial charge < -0.3 is 10.2 Å². The molecule has 3 heterocycles. The van der Waals surface area contributed by atoms with Gasteiger partial charge in [0, 0.05) is 36.0 Å². The molecule has 1 N–H and O–H groups in total. The Morgan fingerprint density at radius 3 is 2.74 bits per heavy atom. The third kappa shape index (κ3) is 2.53. The third-order valence-electron chi connectivity index (χ3n) is 4.77. The van der Waals surface area contributed by atoms with Crippen molar-refractivity contribution in [2.75, 3.05) is 7.05 Å². The molecule has 23 heavy (non-hydrogen) atoms. The number of carbonyl (C=O) groups excluding carboxylic acids is 1. The Morgan fingerprint density at radius 2 is 2.00 bits per heavy atom. The van der Waals surface area contributed by atoms with Crippen molar-refractivity contribution in [2.24, 2.45) is 7.05 Å². The molecule has 0 aliphatic carbocycles. The van der Waals surface area contributed by atoms with Crippen LogP contribution in [0.15, 0.2) is 24.3 Å². The highest BCUT2D eigenvalue weighted by Gasteiger charge is 2.36. The summed E-state index contributed by atoms with van der Waals surface area (Å²) in [4.78, 5) is 14.8. The maximum absolute atomic E-state index is 13.1.